The molecule has 0 amide bonds. The molecule has 1 aliphatic rings. The van der Waals surface area contributed by atoms with Gasteiger partial charge in [-0.05, 0) is 46.4 Å². The van der Waals surface area contributed by atoms with Gasteiger partial charge in [0.25, 0.3) is 0 Å². The van der Waals surface area contributed by atoms with E-state index < -0.39 is 24.7 Å². The van der Waals surface area contributed by atoms with Crippen LogP contribution in [0.5, 0.6) is 0 Å². The first-order chi connectivity index (χ1) is 10.8. The molecule has 0 radical (unpaired) electrons. The van der Waals surface area contributed by atoms with Crippen molar-refractivity contribution in [2.24, 2.45) is 0 Å². The van der Waals surface area contributed by atoms with E-state index in [4.69, 9.17) is 4.65 Å². The zero-order valence-electron chi connectivity index (χ0n) is 11.8. The third-order valence-corrected chi connectivity index (χ3v) is 3.55. The largest absolute Gasteiger partial charge is 0.491 e. The fourth-order valence-corrected chi connectivity index (χ4v) is 2.42. The number of halogens is 4. The van der Waals surface area contributed by atoms with E-state index >= 15 is 0 Å². The van der Waals surface area contributed by atoms with Crippen molar-refractivity contribution in [3.8, 4) is 0 Å². The molecule has 7 heteroatoms. The average Bonchev–Trinajstić information content (AvgIpc) is 2.85. The minimum atomic E-state index is -4.59. The molecule has 1 heterocycles. The number of alkyl halides is 3. The van der Waals surface area contributed by atoms with Crippen LogP contribution >= 0.6 is 0 Å². The normalized spacial score (nSPS) is 14.6. The van der Waals surface area contributed by atoms with E-state index in [1.54, 1.807) is 24.3 Å². The smallest absolute Gasteiger partial charge is 0.423 e. The number of hydrogen-bond acceptors (Lipinski definition) is 2. The summed E-state index contributed by atoms with van der Waals surface area (Å²) in [4.78, 5) is 0. The summed E-state index contributed by atoms with van der Waals surface area (Å²) in [5, 5.41) is 9.53. The molecule has 0 spiro atoms. The molecule has 1 N–H and O–H groups in total. The summed E-state index contributed by atoms with van der Waals surface area (Å²) >= 11 is 0. The van der Waals surface area contributed by atoms with Crippen LogP contribution in [0.3, 0.4) is 0 Å². The van der Waals surface area contributed by atoms with Gasteiger partial charge in [0.15, 0.2) is 0 Å². The maximum atomic E-state index is 13.3. The predicted molar refractivity (Wildman–Crippen MR) is 79.2 cm³/mol. The number of hydrogen-bond donors (Lipinski definition) is 1. The summed E-state index contributed by atoms with van der Waals surface area (Å²) in [7, 11) is -0.944. The van der Waals surface area contributed by atoms with E-state index in [2.05, 4.69) is 0 Å². The highest BCUT2D eigenvalue weighted by Gasteiger charge is 2.31. The molecule has 3 rings (SSSR count). The molecular formula is C16H11BF4O2. The Balaban J connectivity index is 1.87. The summed E-state index contributed by atoms with van der Waals surface area (Å²) in [5.74, 6) is -0.940. The summed E-state index contributed by atoms with van der Waals surface area (Å²) in [5.41, 5.74) is 1.30. The van der Waals surface area contributed by atoms with E-state index in [1.165, 1.54) is 6.08 Å². The first-order valence-electron chi connectivity index (χ1n) is 6.81. The Bertz CT molecular complexity index is 771. The highest BCUT2D eigenvalue weighted by molar-refractivity contribution is 6.61. The van der Waals surface area contributed by atoms with Crippen molar-refractivity contribution in [3.63, 3.8) is 0 Å². The van der Waals surface area contributed by atoms with Gasteiger partial charge in [-0.1, -0.05) is 24.3 Å². The van der Waals surface area contributed by atoms with Gasteiger partial charge >= 0.3 is 13.3 Å². The van der Waals surface area contributed by atoms with E-state index in [-0.39, 0.29) is 12.2 Å². The molecule has 1 aliphatic heterocycles. The molecule has 0 bridgehead atoms. The highest BCUT2D eigenvalue weighted by atomic mass is 19.4. The second-order valence-corrected chi connectivity index (χ2v) is 5.23. The summed E-state index contributed by atoms with van der Waals surface area (Å²) in [6.07, 6.45) is -1.60. The van der Waals surface area contributed by atoms with Crippen molar-refractivity contribution in [1.29, 1.82) is 0 Å². The molecular weight excluding hydrogens is 311 g/mol. The van der Waals surface area contributed by atoms with Crippen molar-refractivity contribution < 1.29 is 27.2 Å². The second-order valence-electron chi connectivity index (χ2n) is 5.23. The molecule has 0 saturated carbocycles. The van der Waals surface area contributed by atoms with E-state index in [1.807, 2.05) is 0 Å². The van der Waals surface area contributed by atoms with Gasteiger partial charge in [0, 0.05) is 0 Å². The minimum absolute atomic E-state index is 0.120. The molecule has 2 aromatic carbocycles. The quantitative estimate of drug-likeness (QED) is 0.523. The van der Waals surface area contributed by atoms with Gasteiger partial charge in [-0.3, -0.25) is 0 Å². The van der Waals surface area contributed by atoms with Gasteiger partial charge in [-0.25, -0.2) is 4.39 Å². The summed E-state index contributed by atoms with van der Waals surface area (Å²) in [6.45, 7) is 0.274. The predicted octanol–water partition coefficient (Wildman–Crippen LogP) is 3.23. The Labute approximate surface area is 130 Å². The van der Waals surface area contributed by atoms with Crippen LogP contribution < -0.4 is 5.46 Å². The van der Waals surface area contributed by atoms with Gasteiger partial charge in [-0.15, -0.1) is 0 Å². The Kier molecular flexibility index (Phi) is 4.00. The van der Waals surface area contributed by atoms with Gasteiger partial charge in [0.05, 0.1) is 12.2 Å². The molecule has 2 aromatic rings. The molecule has 0 aromatic heterocycles. The Hall–Kier alpha value is -2.12. The minimum Gasteiger partial charge on any atom is -0.423 e. The SMILES string of the molecule is OB1OCc2cc(/C=C/c3cc(F)cc(C(F)(F)F)c3)ccc21. The molecule has 0 saturated heterocycles. The van der Waals surface area contributed by atoms with Crippen LogP contribution in [0, 0.1) is 5.82 Å². The lowest BCUT2D eigenvalue weighted by atomic mass is 9.79. The summed E-state index contributed by atoms with van der Waals surface area (Å²) in [6, 6.07) is 7.56. The van der Waals surface area contributed by atoms with E-state index in [9.17, 15) is 22.6 Å². The third-order valence-electron chi connectivity index (χ3n) is 3.55. The van der Waals surface area contributed by atoms with Gasteiger partial charge in [0.2, 0.25) is 0 Å². The van der Waals surface area contributed by atoms with Crippen LogP contribution in [-0.4, -0.2) is 12.1 Å². The van der Waals surface area contributed by atoms with Crippen LogP contribution in [0.4, 0.5) is 17.6 Å². The maximum Gasteiger partial charge on any atom is 0.491 e. The Morgan fingerprint density at radius 1 is 1.04 bits per heavy atom. The van der Waals surface area contributed by atoms with Gasteiger partial charge in [0.1, 0.15) is 5.82 Å². The van der Waals surface area contributed by atoms with Crippen molar-refractivity contribution >= 4 is 24.7 Å². The summed E-state index contributed by atoms with van der Waals surface area (Å²) < 4.78 is 56.4. The number of rotatable bonds is 2. The van der Waals surface area contributed by atoms with Crippen LogP contribution in [0.15, 0.2) is 36.4 Å². The van der Waals surface area contributed by atoms with Gasteiger partial charge in [-0.2, -0.15) is 13.2 Å². The molecule has 0 fully saturated rings. The first kappa shape index (κ1) is 15.8. The molecule has 0 unspecified atom stereocenters. The van der Waals surface area contributed by atoms with E-state index in [0.29, 0.717) is 11.5 Å². The van der Waals surface area contributed by atoms with Crippen molar-refractivity contribution in [1.82, 2.24) is 0 Å². The lowest BCUT2D eigenvalue weighted by Crippen LogP contribution is -2.27. The van der Waals surface area contributed by atoms with Crippen LogP contribution in [0.25, 0.3) is 12.2 Å². The second kappa shape index (κ2) is 5.83. The zero-order chi connectivity index (χ0) is 16.6. The van der Waals surface area contributed by atoms with Crippen LogP contribution in [0.1, 0.15) is 22.3 Å². The molecule has 118 valence electrons. The van der Waals surface area contributed by atoms with E-state index in [0.717, 1.165) is 23.3 Å². The monoisotopic (exact) mass is 322 g/mol. The highest BCUT2D eigenvalue weighted by Crippen LogP contribution is 2.30. The third kappa shape index (κ3) is 3.46. The lowest BCUT2D eigenvalue weighted by molar-refractivity contribution is -0.137. The fourth-order valence-electron chi connectivity index (χ4n) is 2.42. The van der Waals surface area contributed by atoms with Gasteiger partial charge < -0.3 is 9.68 Å². The van der Waals surface area contributed by atoms with Crippen LogP contribution in [-0.2, 0) is 17.4 Å². The van der Waals surface area contributed by atoms with Crippen molar-refractivity contribution in [2.75, 3.05) is 0 Å². The Morgan fingerprint density at radius 2 is 1.78 bits per heavy atom. The maximum absolute atomic E-state index is 13.3. The molecule has 0 aliphatic carbocycles. The zero-order valence-corrected chi connectivity index (χ0v) is 11.8. The standard InChI is InChI=1S/C16H11BF4O2/c18-14-7-11(6-13(8-14)16(19,20)21)2-1-10-3-4-15-12(5-10)9-23-17(15)22/h1-8,22H,9H2/b2-1+. The topological polar surface area (TPSA) is 29.5 Å². The molecule has 2 nitrogen and oxygen atoms in total. The number of benzene rings is 2. The van der Waals surface area contributed by atoms with Crippen molar-refractivity contribution in [3.05, 3.63) is 64.5 Å². The molecule has 23 heavy (non-hydrogen) atoms. The fraction of sp³-hybridized carbons (Fsp3) is 0.125. The average molecular weight is 322 g/mol. The lowest BCUT2D eigenvalue weighted by Gasteiger charge is -2.07. The van der Waals surface area contributed by atoms with Crippen LogP contribution in [0.2, 0.25) is 0 Å². The first-order valence-corrected chi connectivity index (χ1v) is 6.81. The molecule has 0 atom stereocenters. The Morgan fingerprint density at radius 3 is 2.52 bits per heavy atom. The number of fused-ring (bicyclic) bond motifs is 1. The van der Waals surface area contributed by atoms with Crippen molar-refractivity contribution in [2.45, 2.75) is 12.8 Å².